The normalized spacial score (nSPS) is 14.5. The van der Waals surface area contributed by atoms with E-state index in [0.717, 1.165) is 24.5 Å². The van der Waals surface area contributed by atoms with Crippen molar-refractivity contribution < 1.29 is 14.3 Å². The van der Waals surface area contributed by atoms with Gasteiger partial charge in [0.2, 0.25) is 0 Å². The van der Waals surface area contributed by atoms with Gasteiger partial charge < -0.3 is 20.3 Å². The van der Waals surface area contributed by atoms with Crippen LogP contribution >= 0.6 is 11.3 Å². The van der Waals surface area contributed by atoms with Crippen molar-refractivity contribution in [2.45, 2.75) is 6.92 Å². The van der Waals surface area contributed by atoms with Crippen LogP contribution in [0.4, 0.5) is 10.5 Å². The number of hydrogen-bond acceptors (Lipinski definition) is 5. The number of benzene rings is 1. The molecule has 0 aliphatic carbocycles. The Balaban J connectivity index is 1.37. The van der Waals surface area contributed by atoms with Gasteiger partial charge >= 0.3 is 6.03 Å². The quantitative estimate of drug-likeness (QED) is 0.747. The molecule has 1 aromatic carbocycles. The number of ether oxygens (including phenoxy) is 1. The maximum Gasteiger partial charge on any atom is 0.319 e. The van der Waals surface area contributed by atoms with Gasteiger partial charge in [-0.15, -0.1) is 11.3 Å². The van der Waals surface area contributed by atoms with Crippen LogP contribution < -0.4 is 15.4 Å². The zero-order chi connectivity index (χ0) is 19.8. The topological polar surface area (TPSA) is 73.9 Å². The molecule has 0 atom stereocenters. The molecule has 0 spiro atoms. The number of anilines is 1. The number of carbonyl (C=O) groups excluding carboxylic acids is 2. The molecule has 0 saturated carbocycles. The highest BCUT2D eigenvalue weighted by atomic mass is 32.1. The number of carbonyl (C=O) groups is 2. The van der Waals surface area contributed by atoms with Crippen molar-refractivity contribution in [3.05, 3.63) is 46.7 Å². The number of hydrogen-bond donors (Lipinski definition) is 2. The summed E-state index contributed by atoms with van der Waals surface area (Å²) < 4.78 is 5.51. The average Bonchev–Trinajstić information content (AvgIpc) is 3.24. The van der Waals surface area contributed by atoms with Crippen molar-refractivity contribution in [3.8, 4) is 5.75 Å². The molecule has 3 rings (SSSR count). The van der Waals surface area contributed by atoms with E-state index in [1.54, 1.807) is 0 Å². The van der Waals surface area contributed by atoms with E-state index in [-0.39, 0.29) is 11.9 Å². The van der Waals surface area contributed by atoms with Gasteiger partial charge in [-0.25, -0.2) is 4.79 Å². The lowest BCUT2D eigenvalue weighted by Gasteiger charge is -2.34. The number of nitrogens with zero attached hydrogens (tertiary/aromatic N) is 2. The van der Waals surface area contributed by atoms with E-state index in [1.165, 1.54) is 11.3 Å². The van der Waals surface area contributed by atoms with Gasteiger partial charge in [0.15, 0.2) is 0 Å². The predicted molar refractivity (Wildman–Crippen MR) is 111 cm³/mol. The van der Waals surface area contributed by atoms with Crippen LogP contribution in [0.25, 0.3) is 0 Å². The highest BCUT2D eigenvalue weighted by Gasteiger charge is 2.22. The number of rotatable bonds is 7. The molecule has 0 bridgehead atoms. The maximum atomic E-state index is 12.4. The minimum Gasteiger partial charge on any atom is -0.492 e. The molecule has 1 aliphatic heterocycles. The summed E-state index contributed by atoms with van der Waals surface area (Å²) in [4.78, 5) is 29.4. The van der Waals surface area contributed by atoms with Gasteiger partial charge in [0.25, 0.3) is 5.91 Å². The minimum atomic E-state index is -0.251. The van der Waals surface area contributed by atoms with Crippen molar-refractivity contribution in [2.75, 3.05) is 51.2 Å². The van der Waals surface area contributed by atoms with Crippen LogP contribution in [0.5, 0.6) is 5.75 Å². The summed E-state index contributed by atoms with van der Waals surface area (Å²) in [5.41, 5.74) is 0.655. The zero-order valence-electron chi connectivity index (χ0n) is 16.0. The van der Waals surface area contributed by atoms with Gasteiger partial charge in [-0.2, -0.15) is 0 Å². The summed E-state index contributed by atoms with van der Waals surface area (Å²) in [7, 11) is 0. The third-order valence-electron chi connectivity index (χ3n) is 4.54. The first-order chi connectivity index (χ1) is 13.7. The van der Waals surface area contributed by atoms with Gasteiger partial charge in [0, 0.05) is 39.3 Å². The zero-order valence-corrected chi connectivity index (χ0v) is 16.8. The number of para-hydroxylation sites is 2. The fourth-order valence-corrected chi connectivity index (χ4v) is 3.77. The molecule has 8 heteroatoms. The van der Waals surface area contributed by atoms with Crippen molar-refractivity contribution in [1.29, 1.82) is 0 Å². The number of amides is 3. The van der Waals surface area contributed by atoms with Crippen molar-refractivity contribution in [3.63, 3.8) is 0 Å². The molecular formula is C20H26N4O3S. The molecule has 1 fully saturated rings. The Kier molecular flexibility index (Phi) is 7.27. The van der Waals surface area contributed by atoms with Crippen LogP contribution in [0.3, 0.4) is 0 Å². The Morgan fingerprint density at radius 1 is 1.11 bits per heavy atom. The Morgan fingerprint density at radius 2 is 1.89 bits per heavy atom. The van der Waals surface area contributed by atoms with Crippen molar-refractivity contribution in [1.82, 2.24) is 15.1 Å². The second kappa shape index (κ2) is 10.1. The van der Waals surface area contributed by atoms with Crippen molar-refractivity contribution >= 4 is 29.0 Å². The molecule has 0 radical (unpaired) electrons. The molecule has 2 N–H and O–H groups in total. The van der Waals surface area contributed by atoms with Crippen LogP contribution in [-0.2, 0) is 0 Å². The summed E-state index contributed by atoms with van der Waals surface area (Å²) in [6.07, 6.45) is 0. The Hall–Kier alpha value is -2.58. The second-order valence-electron chi connectivity index (χ2n) is 6.42. The first-order valence-corrected chi connectivity index (χ1v) is 10.4. The van der Waals surface area contributed by atoms with Crippen LogP contribution in [0.1, 0.15) is 16.6 Å². The molecule has 0 unspecified atom stereocenters. The fourth-order valence-electron chi connectivity index (χ4n) is 3.08. The smallest absolute Gasteiger partial charge is 0.319 e. The first-order valence-electron chi connectivity index (χ1n) is 9.49. The van der Waals surface area contributed by atoms with E-state index >= 15 is 0 Å². The predicted octanol–water partition coefficient (Wildman–Crippen LogP) is 2.73. The third kappa shape index (κ3) is 5.46. The first kappa shape index (κ1) is 20.2. The number of nitrogens with one attached hydrogen (secondary N) is 2. The summed E-state index contributed by atoms with van der Waals surface area (Å²) >= 11 is 1.48. The summed E-state index contributed by atoms with van der Waals surface area (Å²) in [5, 5.41) is 7.63. The maximum absolute atomic E-state index is 12.4. The lowest BCUT2D eigenvalue weighted by molar-refractivity contribution is 0.0644. The van der Waals surface area contributed by atoms with Crippen LogP contribution in [0.15, 0.2) is 41.8 Å². The summed E-state index contributed by atoms with van der Waals surface area (Å²) in [6.45, 7) is 6.80. The molecule has 1 saturated heterocycles. The lowest BCUT2D eigenvalue weighted by Crippen LogP contribution is -2.50. The molecule has 1 aromatic heterocycles. The molecular weight excluding hydrogens is 376 g/mol. The fraction of sp³-hybridized carbons (Fsp3) is 0.400. The van der Waals surface area contributed by atoms with Gasteiger partial charge in [-0.05, 0) is 30.5 Å². The number of thiophene rings is 1. The van der Waals surface area contributed by atoms with Gasteiger partial charge in [-0.1, -0.05) is 18.2 Å². The molecule has 1 aliphatic rings. The van der Waals surface area contributed by atoms with Crippen LogP contribution in [-0.4, -0.2) is 67.6 Å². The number of piperazine rings is 1. The highest BCUT2D eigenvalue weighted by Crippen LogP contribution is 2.23. The Bertz CT molecular complexity index is 774. The van der Waals surface area contributed by atoms with Gasteiger partial charge in [-0.3, -0.25) is 9.69 Å². The van der Waals surface area contributed by atoms with E-state index in [4.69, 9.17) is 4.74 Å². The van der Waals surface area contributed by atoms with Crippen LogP contribution in [0, 0.1) is 0 Å². The minimum absolute atomic E-state index is 0.111. The molecule has 2 heterocycles. The largest absolute Gasteiger partial charge is 0.492 e. The molecule has 28 heavy (non-hydrogen) atoms. The summed E-state index contributed by atoms with van der Waals surface area (Å²) in [5.74, 6) is 0.770. The molecule has 2 aromatic rings. The summed E-state index contributed by atoms with van der Waals surface area (Å²) in [6, 6.07) is 10.9. The molecule has 7 nitrogen and oxygen atoms in total. The van der Waals surface area contributed by atoms with Crippen LogP contribution in [0.2, 0.25) is 0 Å². The number of urea groups is 1. The Morgan fingerprint density at radius 3 is 2.61 bits per heavy atom. The Labute approximate surface area is 169 Å². The lowest BCUT2D eigenvalue weighted by atomic mass is 10.3. The van der Waals surface area contributed by atoms with E-state index < -0.39 is 0 Å². The van der Waals surface area contributed by atoms with Crippen molar-refractivity contribution in [2.24, 2.45) is 0 Å². The van der Waals surface area contributed by atoms with E-state index in [2.05, 4.69) is 15.5 Å². The van der Waals surface area contributed by atoms with Gasteiger partial charge in [0.1, 0.15) is 5.75 Å². The average molecular weight is 403 g/mol. The molecule has 150 valence electrons. The monoisotopic (exact) mass is 402 g/mol. The second-order valence-corrected chi connectivity index (χ2v) is 7.37. The molecule has 3 amide bonds. The van der Waals surface area contributed by atoms with E-state index in [0.29, 0.717) is 37.7 Å². The van der Waals surface area contributed by atoms with Gasteiger partial charge in [0.05, 0.1) is 17.2 Å². The third-order valence-corrected chi connectivity index (χ3v) is 5.40. The highest BCUT2D eigenvalue weighted by molar-refractivity contribution is 7.12. The standard InChI is InChI=1S/C20H26N4O3S/c1-2-27-17-7-4-3-6-16(17)22-20(26)21-9-10-23-11-13-24(14-12-23)19(25)18-8-5-15-28-18/h3-8,15H,2,9-14H2,1H3,(H2,21,22,26). The van der Waals surface area contributed by atoms with E-state index in [1.807, 2.05) is 53.6 Å². The van der Waals surface area contributed by atoms with E-state index in [9.17, 15) is 9.59 Å². The SMILES string of the molecule is CCOc1ccccc1NC(=O)NCCN1CCN(C(=O)c2cccs2)CC1.